The number of sulfonamides is 1. The molecule has 2 aromatic heterocycles. The molecule has 0 spiro atoms. The van der Waals surface area contributed by atoms with Crippen LogP contribution in [-0.2, 0) is 33.8 Å². The van der Waals surface area contributed by atoms with Crippen LogP contribution < -0.4 is 14.8 Å². The fraction of sp³-hybridized carbons (Fsp3) is 0.419. The maximum atomic E-state index is 13.6. The summed E-state index contributed by atoms with van der Waals surface area (Å²) in [6.45, 7) is 11.1. The maximum absolute atomic E-state index is 13.6. The highest BCUT2D eigenvalue weighted by Gasteiger charge is 2.23. The molecule has 0 radical (unpaired) electrons. The molecule has 0 aliphatic carbocycles. The molecule has 0 unspecified atom stereocenters. The van der Waals surface area contributed by atoms with Gasteiger partial charge in [0.15, 0.2) is 5.75 Å². The quantitative estimate of drug-likeness (QED) is 0.205. The van der Waals surface area contributed by atoms with Crippen LogP contribution in [0.4, 0.5) is 11.4 Å². The van der Waals surface area contributed by atoms with Crippen LogP contribution in [0.15, 0.2) is 42.7 Å². The predicted octanol–water partition coefficient (Wildman–Crippen LogP) is 5.22. The van der Waals surface area contributed by atoms with Gasteiger partial charge in [0, 0.05) is 19.2 Å². The Balaban J connectivity index is 1.62. The molecule has 0 atom stereocenters. The third-order valence-electron chi connectivity index (χ3n) is 7.13. The van der Waals surface area contributed by atoms with E-state index in [-0.39, 0.29) is 16.9 Å². The van der Waals surface area contributed by atoms with Crippen LogP contribution in [-0.4, -0.2) is 58.8 Å². The number of benzene rings is 2. The highest BCUT2D eigenvalue weighted by Crippen LogP contribution is 2.39. The normalized spacial score (nSPS) is 11.9. The number of aromatic nitrogens is 5. The molecule has 13 heteroatoms. The Morgan fingerprint density at radius 3 is 2.50 bits per heavy atom. The van der Waals surface area contributed by atoms with Gasteiger partial charge in [0.25, 0.3) is 5.91 Å². The summed E-state index contributed by atoms with van der Waals surface area (Å²) in [7, 11) is -0.271. The number of rotatable bonds is 12. The molecule has 0 aliphatic rings. The molecular formula is C31H41N7O5S. The summed E-state index contributed by atoms with van der Waals surface area (Å²) in [5.41, 5.74) is 4.41. The average Bonchev–Trinajstić information content (AvgIpc) is 3.56. The SMILES string of the molecule is CCCCOCc1ncc(-c2cn(-c3cc(C(=O)Nc4cc(C(C)(C)C)cc(NS(C)(=O)=O)c4OC)ccc3C)nn2)n1C. The summed E-state index contributed by atoms with van der Waals surface area (Å²) in [5, 5.41) is 11.6. The van der Waals surface area contributed by atoms with Crippen LogP contribution >= 0.6 is 0 Å². The summed E-state index contributed by atoms with van der Waals surface area (Å²) >= 11 is 0. The zero-order valence-corrected chi connectivity index (χ0v) is 27.4. The van der Waals surface area contributed by atoms with Gasteiger partial charge in [0.1, 0.15) is 18.1 Å². The standard InChI is InChI=1S/C31H41N7O5S/c1-9-10-13-43-19-28-32-17-27(37(28)6)25-18-38(36-34-25)26-14-21(12-11-20(26)2)30(39)33-23-15-22(31(3,4)5)16-24(29(23)42-7)35-44(8,40)41/h11-12,14-18,35H,9-10,13,19H2,1-8H3,(H,33,39). The van der Waals surface area contributed by atoms with Crippen LogP contribution in [0.25, 0.3) is 17.1 Å². The third kappa shape index (κ3) is 7.64. The Bertz CT molecular complexity index is 1750. The van der Waals surface area contributed by atoms with Crippen molar-refractivity contribution in [2.75, 3.05) is 30.0 Å². The van der Waals surface area contributed by atoms with Gasteiger partial charge in [-0.15, -0.1) is 5.10 Å². The molecule has 0 saturated heterocycles. The van der Waals surface area contributed by atoms with Crippen molar-refractivity contribution in [3.8, 4) is 22.8 Å². The molecule has 0 saturated carbocycles. The monoisotopic (exact) mass is 623 g/mol. The first-order chi connectivity index (χ1) is 20.7. The molecule has 4 rings (SSSR count). The smallest absolute Gasteiger partial charge is 0.255 e. The molecule has 4 aromatic rings. The van der Waals surface area contributed by atoms with Crippen LogP contribution in [0.2, 0.25) is 0 Å². The van der Waals surface area contributed by atoms with E-state index in [1.807, 2.05) is 45.4 Å². The van der Waals surface area contributed by atoms with E-state index in [0.717, 1.165) is 41.7 Å². The van der Waals surface area contributed by atoms with Gasteiger partial charge in [-0.25, -0.2) is 18.1 Å². The van der Waals surface area contributed by atoms with Crippen molar-refractivity contribution in [3.05, 3.63) is 65.2 Å². The van der Waals surface area contributed by atoms with Crippen LogP contribution in [0.1, 0.15) is 67.8 Å². The Morgan fingerprint density at radius 2 is 1.84 bits per heavy atom. The lowest BCUT2D eigenvalue weighted by atomic mass is 9.86. The first kappa shape index (κ1) is 32.7. The average molecular weight is 624 g/mol. The zero-order chi connectivity index (χ0) is 32.2. The predicted molar refractivity (Wildman–Crippen MR) is 171 cm³/mol. The first-order valence-electron chi connectivity index (χ1n) is 14.4. The van der Waals surface area contributed by atoms with Gasteiger partial charge >= 0.3 is 0 Å². The number of anilines is 2. The van der Waals surface area contributed by atoms with Crippen molar-refractivity contribution in [1.29, 1.82) is 0 Å². The second kappa shape index (κ2) is 13.2. The molecule has 236 valence electrons. The van der Waals surface area contributed by atoms with E-state index in [2.05, 4.69) is 32.3 Å². The van der Waals surface area contributed by atoms with Crippen LogP contribution in [0, 0.1) is 6.92 Å². The zero-order valence-electron chi connectivity index (χ0n) is 26.6. The summed E-state index contributed by atoms with van der Waals surface area (Å²) in [6.07, 6.45) is 6.67. The number of aryl methyl sites for hydroxylation is 1. The molecule has 2 heterocycles. The van der Waals surface area contributed by atoms with Crippen molar-refractivity contribution in [2.45, 2.75) is 59.5 Å². The number of carbonyl (C=O) groups excluding carboxylic acids is 1. The fourth-order valence-corrected chi connectivity index (χ4v) is 5.12. The second-order valence-electron chi connectivity index (χ2n) is 11.8. The molecule has 2 N–H and O–H groups in total. The molecule has 0 fully saturated rings. The van der Waals surface area contributed by atoms with Crippen molar-refractivity contribution in [2.24, 2.45) is 7.05 Å². The highest BCUT2D eigenvalue weighted by molar-refractivity contribution is 7.92. The molecule has 12 nitrogen and oxygen atoms in total. The number of nitrogens with zero attached hydrogens (tertiary/aromatic N) is 5. The molecule has 0 bridgehead atoms. The summed E-state index contributed by atoms with van der Waals surface area (Å²) in [6, 6.07) is 8.79. The largest absolute Gasteiger partial charge is 0.492 e. The lowest BCUT2D eigenvalue weighted by Crippen LogP contribution is -2.18. The topological polar surface area (TPSA) is 142 Å². The second-order valence-corrected chi connectivity index (χ2v) is 13.5. The van der Waals surface area contributed by atoms with E-state index in [0.29, 0.717) is 35.8 Å². The van der Waals surface area contributed by atoms with Gasteiger partial charge < -0.3 is 19.4 Å². The Morgan fingerprint density at radius 1 is 1.11 bits per heavy atom. The van der Waals surface area contributed by atoms with Gasteiger partial charge in [0.2, 0.25) is 10.0 Å². The van der Waals surface area contributed by atoms with Crippen molar-refractivity contribution in [3.63, 3.8) is 0 Å². The van der Waals surface area contributed by atoms with E-state index < -0.39 is 15.9 Å². The summed E-state index contributed by atoms with van der Waals surface area (Å²) in [5.74, 6) is 0.596. The number of hydrogen-bond donors (Lipinski definition) is 2. The molecular weight excluding hydrogens is 582 g/mol. The third-order valence-corrected chi connectivity index (χ3v) is 7.73. The Hall–Kier alpha value is -4.23. The maximum Gasteiger partial charge on any atom is 0.255 e. The number of nitrogens with one attached hydrogen (secondary N) is 2. The van der Waals surface area contributed by atoms with Gasteiger partial charge in [0.05, 0.1) is 48.5 Å². The highest BCUT2D eigenvalue weighted by atomic mass is 32.2. The van der Waals surface area contributed by atoms with Crippen molar-refractivity contribution < 1.29 is 22.7 Å². The van der Waals surface area contributed by atoms with Gasteiger partial charge in [-0.3, -0.25) is 9.52 Å². The van der Waals surface area contributed by atoms with Crippen molar-refractivity contribution in [1.82, 2.24) is 24.5 Å². The lowest BCUT2D eigenvalue weighted by Gasteiger charge is -2.24. The number of hydrogen-bond acceptors (Lipinski definition) is 8. The van der Waals surface area contributed by atoms with E-state index in [1.165, 1.54) is 7.11 Å². The first-order valence-corrected chi connectivity index (χ1v) is 16.2. The van der Waals surface area contributed by atoms with Crippen molar-refractivity contribution >= 4 is 27.3 Å². The number of methoxy groups -OCH3 is 1. The fourth-order valence-electron chi connectivity index (χ4n) is 4.57. The molecule has 2 aromatic carbocycles. The lowest BCUT2D eigenvalue weighted by molar-refractivity contribution is 0.102. The molecule has 0 aliphatic heterocycles. The number of ether oxygens (including phenoxy) is 2. The number of imidazole rings is 1. The van der Waals surface area contributed by atoms with E-state index >= 15 is 0 Å². The van der Waals surface area contributed by atoms with Gasteiger partial charge in [-0.2, -0.15) is 0 Å². The van der Waals surface area contributed by atoms with E-state index in [1.54, 1.807) is 41.3 Å². The summed E-state index contributed by atoms with van der Waals surface area (Å²) in [4.78, 5) is 18.0. The number of carbonyl (C=O) groups is 1. The minimum absolute atomic E-state index is 0.205. The van der Waals surface area contributed by atoms with Gasteiger partial charge in [-0.05, 0) is 54.2 Å². The Kier molecular flexibility index (Phi) is 9.79. The van der Waals surface area contributed by atoms with E-state index in [9.17, 15) is 13.2 Å². The minimum atomic E-state index is -3.61. The summed E-state index contributed by atoms with van der Waals surface area (Å²) < 4.78 is 41.5. The molecule has 44 heavy (non-hydrogen) atoms. The van der Waals surface area contributed by atoms with Crippen LogP contribution in [0.3, 0.4) is 0 Å². The number of unbranched alkanes of at least 4 members (excludes halogenated alkanes) is 1. The Labute approximate surface area is 258 Å². The van der Waals surface area contributed by atoms with Crippen LogP contribution in [0.5, 0.6) is 5.75 Å². The minimum Gasteiger partial charge on any atom is -0.492 e. The number of amides is 1. The molecule has 1 amide bonds. The van der Waals surface area contributed by atoms with Gasteiger partial charge in [-0.1, -0.05) is 45.4 Å². The van der Waals surface area contributed by atoms with E-state index in [4.69, 9.17) is 9.47 Å².